The molecule has 2 aromatic carbocycles. The van der Waals surface area contributed by atoms with Crippen LogP contribution in [0.5, 0.6) is 0 Å². The summed E-state index contributed by atoms with van der Waals surface area (Å²) in [6.45, 7) is 3.85. The molecule has 3 aromatic rings. The van der Waals surface area contributed by atoms with Crippen LogP contribution in [0, 0.1) is 12.7 Å². The number of nitrogens with zero attached hydrogens (tertiary/aromatic N) is 4. The van der Waals surface area contributed by atoms with Crippen LogP contribution in [0.2, 0.25) is 0 Å². The summed E-state index contributed by atoms with van der Waals surface area (Å²) in [6.07, 6.45) is 1.56. The lowest BCUT2D eigenvalue weighted by Gasteiger charge is -2.23. The van der Waals surface area contributed by atoms with E-state index < -0.39 is 0 Å². The number of anilines is 1. The molecule has 1 aromatic heterocycles. The van der Waals surface area contributed by atoms with Crippen LogP contribution in [0.25, 0.3) is 0 Å². The molecule has 1 atom stereocenters. The standard InChI is InChI=1S/C19H19FN4O/c1-14-5-4-7-16(11-14)24-9-10-25-19(24)18-13-23(22-21-18)12-15-6-2-3-8-17(15)20/h2-8,11,13,19H,9-10,12H2,1H3. The van der Waals surface area contributed by atoms with Crippen LogP contribution >= 0.6 is 0 Å². The summed E-state index contributed by atoms with van der Waals surface area (Å²) < 4.78 is 21.3. The molecule has 0 spiro atoms. The highest BCUT2D eigenvalue weighted by Gasteiger charge is 2.29. The number of aryl methyl sites for hydroxylation is 1. The summed E-state index contributed by atoms with van der Waals surface area (Å²) in [4.78, 5) is 2.17. The second-order valence-corrected chi connectivity index (χ2v) is 6.19. The van der Waals surface area contributed by atoms with E-state index in [0.717, 1.165) is 17.9 Å². The first-order chi connectivity index (χ1) is 12.2. The molecule has 1 aliphatic heterocycles. The normalized spacial score (nSPS) is 17.2. The van der Waals surface area contributed by atoms with Gasteiger partial charge in [-0.2, -0.15) is 0 Å². The summed E-state index contributed by atoms with van der Waals surface area (Å²) in [5.74, 6) is -0.238. The van der Waals surface area contributed by atoms with Crippen LogP contribution in [0.3, 0.4) is 0 Å². The number of aromatic nitrogens is 3. The van der Waals surface area contributed by atoms with E-state index in [4.69, 9.17) is 4.74 Å². The highest BCUT2D eigenvalue weighted by Crippen LogP contribution is 2.31. The quantitative estimate of drug-likeness (QED) is 0.732. The Balaban J connectivity index is 1.56. The largest absolute Gasteiger partial charge is 0.350 e. The van der Waals surface area contributed by atoms with Crippen molar-refractivity contribution in [3.8, 4) is 0 Å². The van der Waals surface area contributed by atoms with Crippen molar-refractivity contribution >= 4 is 5.69 Å². The van der Waals surface area contributed by atoms with Crippen LogP contribution in [0.4, 0.5) is 10.1 Å². The Kier molecular flexibility index (Phi) is 4.19. The average Bonchev–Trinajstić information content (AvgIpc) is 3.26. The van der Waals surface area contributed by atoms with E-state index in [1.165, 1.54) is 11.6 Å². The Morgan fingerprint density at radius 1 is 1.20 bits per heavy atom. The predicted octanol–water partition coefficient (Wildman–Crippen LogP) is 3.31. The second kappa shape index (κ2) is 6.64. The number of rotatable bonds is 4. The molecule has 0 radical (unpaired) electrons. The van der Waals surface area contributed by atoms with Crippen LogP contribution in [0.15, 0.2) is 54.7 Å². The third kappa shape index (κ3) is 3.25. The van der Waals surface area contributed by atoms with Crippen molar-refractivity contribution in [3.05, 3.63) is 77.4 Å². The average molecular weight is 338 g/mol. The van der Waals surface area contributed by atoms with E-state index in [0.29, 0.717) is 18.7 Å². The van der Waals surface area contributed by atoms with Crippen molar-refractivity contribution in [2.45, 2.75) is 19.7 Å². The number of hydrogen-bond acceptors (Lipinski definition) is 4. The van der Waals surface area contributed by atoms with Crippen LogP contribution in [-0.4, -0.2) is 28.1 Å². The van der Waals surface area contributed by atoms with Crippen molar-refractivity contribution in [1.29, 1.82) is 0 Å². The zero-order valence-corrected chi connectivity index (χ0v) is 14.0. The number of benzene rings is 2. The smallest absolute Gasteiger partial charge is 0.177 e. The highest BCUT2D eigenvalue weighted by molar-refractivity contribution is 5.50. The van der Waals surface area contributed by atoms with Crippen LogP contribution in [-0.2, 0) is 11.3 Å². The predicted molar refractivity (Wildman–Crippen MR) is 92.7 cm³/mol. The molecule has 4 rings (SSSR count). The van der Waals surface area contributed by atoms with E-state index in [2.05, 4.69) is 40.3 Å². The first-order valence-corrected chi connectivity index (χ1v) is 8.29. The van der Waals surface area contributed by atoms with E-state index in [1.807, 2.05) is 18.3 Å². The van der Waals surface area contributed by atoms with E-state index in [9.17, 15) is 4.39 Å². The number of ether oxygens (including phenoxy) is 1. The number of halogens is 1. The summed E-state index contributed by atoms with van der Waals surface area (Å²) in [6, 6.07) is 15.0. The maximum Gasteiger partial charge on any atom is 0.177 e. The Morgan fingerprint density at radius 2 is 2.08 bits per heavy atom. The van der Waals surface area contributed by atoms with Gasteiger partial charge in [0.05, 0.1) is 19.3 Å². The second-order valence-electron chi connectivity index (χ2n) is 6.19. The summed E-state index contributed by atoms with van der Waals surface area (Å²) in [5.41, 5.74) is 3.62. The SMILES string of the molecule is Cc1cccc(N2CCOC2c2cn(Cc3ccccc3F)nn2)c1. The Bertz CT molecular complexity index is 879. The minimum Gasteiger partial charge on any atom is -0.350 e. The summed E-state index contributed by atoms with van der Waals surface area (Å²) >= 11 is 0. The van der Waals surface area contributed by atoms with Gasteiger partial charge < -0.3 is 9.64 Å². The van der Waals surface area contributed by atoms with Gasteiger partial charge >= 0.3 is 0 Å². The minimum atomic E-state index is -0.267. The van der Waals surface area contributed by atoms with Crippen LogP contribution < -0.4 is 4.90 Å². The molecule has 1 unspecified atom stereocenters. The van der Waals surface area contributed by atoms with Crippen molar-refractivity contribution in [2.24, 2.45) is 0 Å². The third-order valence-electron chi connectivity index (χ3n) is 4.32. The molecular weight excluding hydrogens is 319 g/mol. The van der Waals surface area contributed by atoms with Gasteiger partial charge in [0.2, 0.25) is 0 Å². The molecule has 0 N–H and O–H groups in total. The fourth-order valence-electron chi connectivity index (χ4n) is 3.09. The third-order valence-corrected chi connectivity index (χ3v) is 4.32. The maximum absolute atomic E-state index is 13.8. The van der Waals surface area contributed by atoms with Gasteiger partial charge in [0.25, 0.3) is 0 Å². The molecule has 2 heterocycles. The van der Waals surface area contributed by atoms with Gasteiger partial charge in [0.15, 0.2) is 6.23 Å². The van der Waals surface area contributed by atoms with Crippen LogP contribution in [0.1, 0.15) is 23.0 Å². The molecule has 0 amide bonds. The van der Waals surface area contributed by atoms with Gasteiger partial charge in [-0.25, -0.2) is 9.07 Å². The minimum absolute atomic E-state index is 0.238. The van der Waals surface area contributed by atoms with Crippen molar-refractivity contribution in [2.75, 3.05) is 18.1 Å². The molecule has 5 nitrogen and oxygen atoms in total. The number of hydrogen-bond donors (Lipinski definition) is 0. The van der Waals surface area contributed by atoms with Gasteiger partial charge in [-0.05, 0) is 30.7 Å². The first kappa shape index (κ1) is 15.8. The van der Waals surface area contributed by atoms with Gasteiger partial charge in [0, 0.05) is 17.8 Å². The van der Waals surface area contributed by atoms with Gasteiger partial charge in [-0.1, -0.05) is 35.5 Å². The molecule has 25 heavy (non-hydrogen) atoms. The zero-order valence-electron chi connectivity index (χ0n) is 14.0. The Morgan fingerprint density at radius 3 is 2.92 bits per heavy atom. The molecule has 0 aliphatic carbocycles. The molecule has 128 valence electrons. The maximum atomic E-state index is 13.8. The molecule has 0 bridgehead atoms. The van der Waals surface area contributed by atoms with Gasteiger partial charge in [0.1, 0.15) is 11.5 Å². The molecule has 1 saturated heterocycles. The van der Waals surface area contributed by atoms with E-state index in [1.54, 1.807) is 16.8 Å². The van der Waals surface area contributed by atoms with Gasteiger partial charge in [-0.3, -0.25) is 0 Å². The van der Waals surface area contributed by atoms with Crippen molar-refractivity contribution < 1.29 is 9.13 Å². The fourth-order valence-corrected chi connectivity index (χ4v) is 3.09. The summed E-state index contributed by atoms with van der Waals surface area (Å²) in [7, 11) is 0. The lowest BCUT2D eigenvalue weighted by Crippen LogP contribution is -2.23. The molecule has 1 aliphatic rings. The molecule has 6 heteroatoms. The monoisotopic (exact) mass is 338 g/mol. The molecule has 1 fully saturated rings. The molecular formula is C19H19FN4O. The van der Waals surface area contributed by atoms with E-state index in [-0.39, 0.29) is 12.0 Å². The summed E-state index contributed by atoms with van der Waals surface area (Å²) in [5, 5.41) is 8.38. The Labute approximate surface area is 145 Å². The topological polar surface area (TPSA) is 43.2 Å². The fraction of sp³-hybridized carbons (Fsp3) is 0.263. The van der Waals surface area contributed by atoms with E-state index >= 15 is 0 Å². The van der Waals surface area contributed by atoms with Crippen molar-refractivity contribution in [3.63, 3.8) is 0 Å². The van der Waals surface area contributed by atoms with Gasteiger partial charge in [-0.15, -0.1) is 5.10 Å². The lowest BCUT2D eigenvalue weighted by molar-refractivity contribution is 0.110. The lowest BCUT2D eigenvalue weighted by atomic mass is 10.2. The first-order valence-electron chi connectivity index (χ1n) is 8.29. The highest BCUT2D eigenvalue weighted by atomic mass is 19.1. The van der Waals surface area contributed by atoms with Crippen molar-refractivity contribution in [1.82, 2.24) is 15.0 Å². The Hall–Kier alpha value is -2.73. The molecule has 0 saturated carbocycles. The zero-order chi connectivity index (χ0) is 17.2.